The van der Waals surface area contributed by atoms with Crippen molar-refractivity contribution in [3.8, 4) is 0 Å². The van der Waals surface area contributed by atoms with Crippen LogP contribution < -0.4 is 5.73 Å². The number of aliphatic hydroxyl groups excluding tert-OH is 1. The van der Waals surface area contributed by atoms with Gasteiger partial charge in [0, 0.05) is 24.3 Å². The number of rotatable bonds is 1. The standard InChI is InChI=1S/C12H15FN2O2/c13-9-4-8(5-10(14)6-9)12(17)15-3-1-2-11(16)7-15/h4-6,11,16H,1-3,7,14H2/t11-/m0/s1. The summed E-state index contributed by atoms with van der Waals surface area (Å²) in [5.41, 5.74) is 5.95. The van der Waals surface area contributed by atoms with E-state index in [4.69, 9.17) is 5.73 Å². The number of hydrogen-bond acceptors (Lipinski definition) is 3. The zero-order valence-corrected chi connectivity index (χ0v) is 9.40. The Balaban J connectivity index is 2.18. The number of halogens is 1. The Kier molecular flexibility index (Phi) is 3.28. The first kappa shape index (κ1) is 11.9. The number of piperidine rings is 1. The van der Waals surface area contributed by atoms with Crippen molar-refractivity contribution in [2.24, 2.45) is 0 Å². The smallest absolute Gasteiger partial charge is 0.254 e. The van der Waals surface area contributed by atoms with Gasteiger partial charge in [0.15, 0.2) is 0 Å². The third-order valence-corrected chi connectivity index (χ3v) is 2.85. The maximum Gasteiger partial charge on any atom is 0.254 e. The van der Waals surface area contributed by atoms with E-state index in [0.717, 1.165) is 6.42 Å². The fraction of sp³-hybridized carbons (Fsp3) is 0.417. The minimum atomic E-state index is -0.522. The molecule has 5 heteroatoms. The number of hydrogen-bond donors (Lipinski definition) is 2. The molecule has 1 aromatic rings. The van der Waals surface area contributed by atoms with Crippen LogP contribution in [-0.2, 0) is 0 Å². The van der Waals surface area contributed by atoms with Gasteiger partial charge in [0.1, 0.15) is 5.82 Å². The molecule has 4 nitrogen and oxygen atoms in total. The lowest BCUT2D eigenvalue weighted by atomic mass is 10.1. The first-order valence-electron chi connectivity index (χ1n) is 5.59. The first-order chi connectivity index (χ1) is 8.06. The minimum Gasteiger partial charge on any atom is -0.399 e. The van der Waals surface area contributed by atoms with Gasteiger partial charge in [-0.05, 0) is 31.0 Å². The molecule has 1 heterocycles. The molecule has 3 N–H and O–H groups in total. The molecule has 0 saturated carbocycles. The Hall–Kier alpha value is -1.62. The van der Waals surface area contributed by atoms with E-state index < -0.39 is 11.9 Å². The van der Waals surface area contributed by atoms with Gasteiger partial charge in [0.25, 0.3) is 5.91 Å². The highest BCUT2D eigenvalue weighted by atomic mass is 19.1. The molecular weight excluding hydrogens is 223 g/mol. The van der Waals surface area contributed by atoms with Crippen LogP contribution in [0.5, 0.6) is 0 Å². The quantitative estimate of drug-likeness (QED) is 0.717. The number of carbonyl (C=O) groups is 1. The average molecular weight is 238 g/mol. The lowest BCUT2D eigenvalue weighted by molar-refractivity contribution is 0.0473. The van der Waals surface area contributed by atoms with E-state index in [2.05, 4.69) is 0 Å². The van der Waals surface area contributed by atoms with Crippen molar-refractivity contribution in [2.75, 3.05) is 18.8 Å². The van der Waals surface area contributed by atoms with Crippen LogP contribution in [0.4, 0.5) is 10.1 Å². The number of aliphatic hydroxyl groups is 1. The van der Waals surface area contributed by atoms with Crippen LogP contribution in [0.3, 0.4) is 0 Å². The molecule has 17 heavy (non-hydrogen) atoms. The lowest BCUT2D eigenvalue weighted by Crippen LogP contribution is -2.42. The van der Waals surface area contributed by atoms with Crippen LogP contribution in [-0.4, -0.2) is 35.1 Å². The van der Waals surface area contributed by atoms with Gasteiger partial charge >= 0.3 is 0 Å². The maximum absolute atomic E-state index is 13.1. The summed E-state index contributed by atoms with van der Waals surface area (Å²) < 4.78 is 13.1. The normalized spacial score (nSPS) is 20.4. The van der Waals surface area contributed by atoms with Gasteiger partial charge in [-0.2, -0.15) is 0 Å². The summed E-state index contributed by atoms with van der Waals surface area (Å²) in [5.74, 6) is -0.805. The number of nitrogens with two attached hydrogens (primary N) is 1. The zero-order valence-electron chi connectivity index (χ0n) is 9.40. The van der Waals surface area contributed by atoms with Crippen LogP contribution in [0.1, 0.15) is 23.2 Å². The van der Waals surface area contributed by atoms with Crippen molar-refractivity contribution < 1.29 is 14.3 Å². The molecule has 1 aliphatic heterocycles. The van der Waals surface area contributed by atoms with Crippen molar-refractivity contribution >= 4 is 11.6 Å². The van der Waals surface area contributed by atoms with Gasteiger partial charge in [0.05, 0.1) is 6.10 Å². The summed E-state index contributed by atoms with van der Waals surface area (Å²) in [4.78, 5) is 13.6. The van der Waals surface area contributed by atoms with Crippen molar-refractivity contribution in [3.63, 3.8) is 0 Å². The van der Waals surface area contributed by atoms with E-state index in [0.29, 0.717) is 19.5 Å². The van der Waals surface area contributed by atoms with E-state index in [9.17, 15) is 14.3 Å². The number of likely N-dealkylation sites (tertiary alicyclic amines) is 1. The van der Waals surface area contributed by atoms with E-state index in [1.165, 1.54) is 23.1 Å². The Morgan fingerprint density at radius 2 is 2.24 bits per heavy atom. The van der Waals surface area contributed by atoms with Crippen molar-refractivity contribution in [1.82, 2.24) is 4.90 Å². The van der Waals surface area contributed by atoms with Crippen molar-refractivity contribution in [2.45, 2.75) is 18.9 Å². The molecule has 1 atom stereocenters. The molecule has 0 unspecified atom stereocenters. The second kappa shape index (κ2) is 4.71. The number of benzene rings is 1. The number of nitrogen functional groups attached to an aromatic ring is 1. The van der Waals surface area contributed by atoms with E-state index >= 15 is 0 Å². The molecule has 0 spiro atoms. The van der Waals surface area contributed by atoms with Gasteiger partial charge in [-0.15, -0.1) is 0 Å². The SMILES string of the molecule is Nc1cc(F)cc(C(=O)N2CCC[C@H](O)C2)c1. The van der Waals surface area contributed by atoms with Crippen molar-refractivity contribution in [1.29, 1.82) is 0 Å². The average Bonchev–Trinajstić information content (AvgIpc) is 2.26. The molecule has 0 aliphatic carbocycles. The van der Waals surface area contributed by atoms with Crippen molar-refractivity contribution in [3.05, 3.63) is 29.6 Å². The highest BCUT2D eigenvalue weighted by Crippen LogP contribution is 2.16. The summed E-state index contributed by atoms with van der Waals surface area (Å²) in [6, 6.07) is 3.79. The number of carbonyl (C=O) groups excluding carboxylic acids is 1. The molecule has 1 aliphatic rings. The van der Waals surface area contributed by atoms with Crippen LogP contribution in [0.15, 0.2) is 18.2 Å². The fourth-order valence-electron chi connectivity index (χ4n) is 2.06. The molecule has 0 radical (unpaired) electrons. The Morgan fingerprint density at radius 1 is 1.47 bits per heavy atom. The molecule has 0 aromatic heterocycles. The minimum absolute atomic E-state index is 0.228. The largest absolute Gasteiger partial charge is 0.399 e. The molecule has 2 rings (SSSR count). The predicted octanol–water partition coefficient (Wildman–Crippen LogP) is 1.00. The van der Waals surface area contributed by atoms with Gasteiger partial charge in [-0.25, -0.2) is 4.39 Å². The van der Waals surface area contributed by atoms with Gasteiger partial charge in [-0.1, -0.05) is 0 Å². The predicted molar refractivity (Wildman–Crippen MR) is 62.0 cm³/mol. The molecule has 1 saturated heterocycles. The van der Waals surface area contributed by atoms with E-state index in [-0.39, 0.29) is 17.2 Å². The summed E-state index contributed by atoms with van der Waals surface area (Å²) in [6.45, 7) is 0.890. The number of anilines is 1. The molecule has 0 bridgehead atoms. The summed E-state index contributed by atoms with van der Waals surface area (Å²) >= 11 is 0. The van der Waals surface area contributed by atoms with Crippen LogP contribution in [0.25, 0.3) is 0 Å². The number of β-amino-alcohol motifs (C(OH)–C–C–N with tert-alkyl or cyclic N) is 1. The number of nitrogens with zero attached hydrogens (tertiary/aromatic N) is 1. The molecule has 1 aromatic carbocycles. The van der Waals surface area contributed by atoms with E-state index in [1.54, 1.807) is 0 Å². The molecule has 1 fully saturated rings. The first-order valence-corrected chi connectivity index (χ1v) is 5.59. The van der Waals surface area contributed by atoms with Gasteiger partial charge < -0.3 is 15.7 Å². The highest BCUT2D eigenvalue weighted by molar-refractivity contribution is 5.95. The Morgan fingerprint density at radius 3 is 2.88 bits per heavy atom. The lowest BCUT2D eigenvalue weighted by Gasteiger charge is -2.30. The van der Waals surface area contributed by atoms with E-state index in [1.807, 2.05) is 0 Å². The third-order valence-electron chi connectivity index (χ3n) is 2.85. The second-order valence-corrected chi connectivity index (χ2v) is 4.32. The molecule has 92 valence electrons. The van der Waals surface area contributed by atoms with Gasteiger partial charge in [0.2, 0.25) is 0 Å². The van der Waals surface area contributed by atoms with Crippen LogP contribution >= 0.6 is 0 Å². The van der Waals surface area contributed by atoms with Crippen LogP contribution in [0, 0.1) is 5.82 Å². The number of amides is 1. The Bertz CT molecular complexity index is 416. The second-order valence-electron chi connectivity index (χ2n) is 4.32. The zero-order chi connectivity index (χ0) is 12.4. The molecular formula is C12H15FN2O2. The van der Waals surface area contributed by atoms with Crippen LogP contribution in [0.2, 0.25) is 0 Å². The summed E-state index contributed by atoms with van der Waals surface area (Å²) in [7, 11) is 0. The summed E-state index contributed by atoms with van der Waals surface area (Å²) in [5, 5.41) is 9.49. The Labute approximate surface area is 98.8 Å². The third kappa shape index (κ3) is 2.74. The monoisotopic (exact) mass is 238 g/mol. The molecule has 1 amide bonds. The fourth-order valence-corrected chi connectivity index (χ4v) is 2.06. The highest BCUT2D eigenvalue weighted by Gasteiger charge is 2.23. The maximum atomic E-state index is 13.1. The summed E-state index contributed by atoms with van der Waals surface area (Å²) in [6.07, 6.45) is 0.978. The topological polar surface area (TPSA) is 66.6 Å². The van der Waals surface area contributed by atoms with Gasteiger partial charge in [-0.3, -0.25) is 4.79 Å².